The first-order valence-corrected chi connectivity index (χ1v) is 6.96. The Morgan fingerprint density at radius 2 is 2.05 bits per heavy atom. The molecule has 0 spiro atoms. The summed E-state index contributed by atoms with van der Waals surface area (Å²) in [4.78, 5) is 20.1. The van der Waals surface area contributed by atoms with Crippen LogP contribution < -0.4 is 5.32 Å². The van der Waals surface area contributed by atoms with Crippen LogP contribution in [0.4, 0.5) is 5.82 Å². The molecule has 0 bridgehead atoms. The van der Waals surface area contributed by atoms with Crippen LogP contribution in [0.2, 0.25) is 0 Å². The second-order valence-electron chi connectivity index (χ2n) is 5.29. The van der Waals surface area contributed by atoms with Gasteiger partial charge >= 0.3 is 5.97 Å². The minimum absolute atomic E-state index is 0.340. The van der Waals surface area contributed by atoms with Crippen LogP contribution in [-0.4, -0.2) is 40.8 Å². The number of carboxylic acid groups (broad SMARTS) is 1. The number of anilines is 1. The van der Waals surface area contributed by atoms with Gasteiger partial charge in [0.05, 0.1) is 10.9 Å². The molecule has 0 saturated carbocycles. The molecule has 3 rings (SSSR count). The molecule has 2 N–H and O–H groups in total. The highest BCUT2D eigenvalue weighted by atomic mass is 16.5. The van der Waals surface area contributed by atoms with Crippen LogP contribution in [-0.2, 0) is 9.53 Å². The van der Waals surface area contributed by atoms with E-state index in [1.165, 1.54) is 6.33 Å². The fourth-order valence-corrected chi connectivity index (χ4v) is 2.63. The summed E-state index contributed by atoms with van der Waals surface area (Å²) in [6, 6.07) is 7.66. The highest BCUT2D eigenvalue weighted by Crippen LogP contribution is 2.31. The number of rotatable bonds is 4. The first-order valence-electron chi connectivity index (χ1n) is 6.96. The molecule has 0 radical (unpaired) electrons. The Hall–Kier alpha value is -2.21. The quantitative estimate of drug-likeness (QED) is 0.893. The standard InChI is InChI=1S/C15H17N3O3/c19-14(20)15(5-7-21-8-6-15)9-16-13-11-3-1-2-4-12(11)17-10-18-13/h1-4,10H,5-9H2,(H,19,20)(H,16,17,18). The fraction of sp³-hybridized carbons (Fsp3) is 0.400. The molecule has 1 aromatic heterocycles. The van der Waals surface area contributed by atoms with Gasteiger partial charge in [0.1, 0.15) is 12.1 Å². The van der Waals surface area contributed by atoms with E-state index in [0.29, 0.717) is 38.4 Å². The molecule has 1 aliphatic rings. The van der Waals surface area contributed by atoms with Gasteiger partial charge in [-0.1, -0.05) is 12.1 Å². The number of hydrogen-bond donors (Lipinski definition) is 2. The second-order valence-corrected chi connectivity index (χ2v) is 5.29. The highest BCUT2D eigenvalue weighted by molar-refractivity contribution is 5.88. The number of ether oxygens (including phenoxy) is 1. The number of carboxylic acids is 1. The molecule has 110 valence electrons. The lowest BCUT2D eigenvalue weighted by Crippen LogP contribution is -2.42. The number of aromatic nitrogens is 2. The molecular formula is C15H17N3O3. The Morgan fingerprint density at radius 1 is 1.29 bits per heavy atom. The Kier molecular flexibility index (Phi) is 3.70. The van der Waals surface area contributed by atoms with E-state index in [-0.39, 0.29) is 0 Å². The predicted molar refractivity (Wildman–Crippen MR) is 78.1 cm³/mol. The number of carbonyl (C=O) groups is 1. The van der Waals surface area contributed by atoms with Crippen molar-refractivity contribution in [3.63, 3.8) is 0 Å². The third kappa shape index (κ3) is 2.67. The van der Waals surface area contributed by atoms with Gasteiger partial charge in [-0.15, -0.1) is 0 Å². The summed E-state index contributed by atoms with van der Waals surface area (Å²) in [6.07, 6.45) is 2.51. The molecule has 0 amide bonds. The number of nitrogens with zero attached hydrogens (tertiary/aromatic N) is 2. The van der Waals surface area contributed by atoms with Crippen LogP contribution in [0.1, 0.15) is 12.8 Å². The van der Waals surface area contributed by atoms with Crippen molar-refractivity contribution in [1.82, 2.24) is 9.97 Å². The van der Waals surface area contributed by atoms with Gasteiger partial charge in [0.2, 0.25) is 0 Å². The van der Waals surface area contributed by atoms with E-state index in [2.05, 4.69) is 15.3 Å². The van der Waals surface area contributed by atoms with Gasteiger partial charge in [-0.25, -0.2) is 9.97 Å². The number of hydrogen-bond acceptors (Lipinski definition) is 5. The zero-order chi connectivity index (χ0) is 14.7. The summed E-state index contributed by atoms with van der Waals surface area (Å²) in [5, 5.41) is 13.6. The molecule has 0 aliphatic carbocycles. The van der Waals surface area contributed by atoms with Gasteiger partial charge in [0.15, 0.2) is 0 Å². The minimum atomic E-state index is -0.787. The zero-order valence-electron chi connectivity index (χ0n) is 11.6. The number of para-hydroxylation sites is 1. The van der Waals surface area contributed by atoms with Crippen molar-refractivity contribution in [3.05, 3.63) is 30.6 Å². The Bertz CT molecular complexity index is 648. The number of aliphatic carboxylic acids is 1. The van der Waals surface area contributed by atoms with Gasteiger partial charge < -0.3 is 15.2 Å². The van der Waals surface area contributed by atoms with Crippen LogP contribution in [0.3, 0.4) is 0 Å². The van der Waals surface area contributed by atoms with Crippen molar-refractivity contribution >= 4 is 22.7 Å². The van der Waals surface area contributed by atoms with E-state index < -0.39 is 11.4 Å². The SMILES string of the molecule is O=C(O)C1(CNc2ncnc3ccccc23)CCOCC1. The third-order valence-corrected chi connectivity index (χ3v) is 4.04. The van der Waals surface area contributed by atoms with Crippen LogP contribution >= 0.6 is 0 Å². The summed E-state index contributed by atoms with van der Waals surface area (Å²) < 4.78 is 5.28. The van der Waals surface area contributed by atoms with Gasteiger partial charge in [0.25, 0.3) is 0 Å². The summed E-state index contributed by atoms with van der Waals surface area (Å²) in [5.74, 6) is -0.107. The van der Waals surface area contributed by atoms with E-state index in [1.54, 1.807) is 0 Å². The van der Waals surface area contributed by atoms with Gasteiger partial charge in [-0.2, -0.15) is 0 Å². The summed E-state index contributed by atoms with van der Waals surface area (Å²) >= 11 is 0. The second kappa shape index (κ2) is 5.65. The number of nitrogens with one attached hydrogen (secondary N) is 1. The zero-order valence-corrected chi connectivity index (χ0v) is 11.6. The molecule has 0 atom stereocenters. The average Bonchev–Trinajstić information content (AvgIpc) is 2.53. The van der Waals surface area contributed by atoms with Crippen LogP contribution in [0.5, 0.6) is 0 Å². The maximum atomic E-state index is 11.6. The predicted octanol–water partition coefficient (Wildman–Crippen LogP) is 1.92. The molecule has 21 heavy (non-hydrogen) atoms. The molecule has 6 nitrogen and oxygen atoms in total. The average molecular weight is 287 g/mol. The minimum Gasteiger partial charge on any atom is -0.481 e. The molecule has 1 aliphatic heterocycles. The van der Waals surface area contributed by atoms with E-state index in [1.807, 2.05) is 24.3 Å². The topological polar surface area (TPSA) is 84.3 Å². The van der Waals surface area contributed by atoms with Gasteiger partial charge in [0, 0.05) is 25.1 Å². The fourth-order valence-electron chi connectivity index (χ4n) is 2.63. The van der Waals surface area contributed by atoms with Crippen molar-refractivity contribution in [2.24, 2.45) is 5.41 Å². The van der Waals surface area contributed by atoms with E-state index >= 15 is 0 Å². The molecule has 1 saturated heterocycles. The lowest BCUT2D eigenvalue weighted by Gasteiger charge is -2.33. The van der Waals surface area contributed by atoms with Crippen molar-refractivity contribution in [2.45, 2.75) is 12.8 Å². The van der Waals surface area contributed by atoms with Crippen molar-refractivity contribution in [2.75, 3.05) is 25.1 Å². The molecule has 6 heteroatoms. The number of benzene rings is 1. The molecule has 2 aromatic rings. The number of fused-ring (bicyclic) bond motifs is 1. The third-order valence-electron chi connectivity index (χ3n) is 4.04. The molecule has 1 fully saturated rings. The normalized spacial score (nSPS) is 17.5. The van der Waals surface area contributed by atoms with E-state index in [9.17, 15) is 9.90 Å². The van der Waals surface area contributed by atoms with Gasteiger partial charge in [-0.05, 0) is 25.0 Å². The first kappa shape index (κ1) is 13.8. The van der Waals surface area contributed by atoms with Crippen molar-refractivity contribution in [3.8, 4) is 0 Å². The van der Waals surface area contributed by atoms with Crippen molar-refractivity contribution < 1.29 is 14.6 Å². The lowest BCUT2D eigenvalue weighted by atomic mass is 9.80. The summed E-state index contributed by atoms with van der Waals surface area (Å²) in [7, 11) is 0. The van der Waals surface area contributed by atoms with Crippen LogP contribution in [0, 0.1) is 5.41 Å². The largest absolute Gasteiger partial charge is 0.481 e. The van der Waals surface area contributed by atoms with E-state index in [0.717, 1.165) is 10.9 Å². The van der Waals surface area contributed by atoms with Gasteiger partial charge in [-0.3, -0.25) is 4.79 Å². The maximum absolute atomic E-state index is 11.6. The van der Waals surface area contributed by atoms with Crippen LogP contribution in [0.25, 0.3) is 10.9 Å². The Labute approximate surface area is 122 Å². The van der Waals surface area contributed by atoms with Crippen LogP contribution in [0.15, 0.2) is 30.6 Å². The summed E-state index contributed by atoms with van der Waals surface area (Å²) in [6.45, 7) is 1.31. The summed E-state index contributed by atoms with van der Waals surface area (Å²) in [5.41, 5.74) is 0.0518. The molecular weight excluding hydrogens is 270 g/mol. The lowest BCUT2D eigenvalue weighted by molar-refractivity contribution is -0.153. The molecule has 0 unspecified atom stereocenters. The molecule has 1 aromatic carbocycles. The van der Waals surface area contributed by atoms with Crippen molar-refractivity contribution in [1.29, 1.82) is 0 Å². The molecule has 2 heterocycles. The van der Waals surface area contributed by atoms with E-state index in [4.69, 9.17) is 4.74 Å². The Morgan fingerprint density at radius 3 is 2.81 bits per heavy atom. The smallest absolute Gasteiger partial charge is 0.311 e. The first-order chi connectivity index (χ1) is 10.2. The Balaban J connectivity index is 1.83. The highest BCUT2D eigenvalue weighted by Gasteiger charge is 2.40. The maximum Gasteiger partial charge on any atom is 0.311 e. The monoisotopic (exact) mass is 287 g/mol.